The van der Waals surface area contributed by atoms with E-state index in [9.17, 15) is 14.9 Å². The molecule has 0 radical (unpaired) electrons. The normalized spacial score (nSPS) is 11.7. The molecule has 2 aromatic carbocycles. The quantitative estimate of drug-likeness (QED) is 0.243. The van der Waals surface area contributed by atoms with Gasteiger partial charge in [0.2, 0.25) is 5.91 Å². The zero-order valence-electron chi connectivity index (χ0n) is 18.9. The third-order valence-electron chi connectivity index (χ3n) is 5.00. The molecule has 1 aromatic heterocycles. The van der Waals surface area contributed by atoms with E-state index >= 15 is 0 Å². The molecule has 0 aliphatic rings. The van der Waals surface area contributed by atoms with Crippen molar-refractivity contribution >= 4 is 23.4 Å². The number of benzene rings is 2. The third kappa shape index (κ3) is 6.32. The predicted molar refractivity (Wildman–Crippen MR) is 127 cm³/mol. The first-order chi connectivity index (χ1) is 15.9. The van der Waals surface area contributed by atoms with Crippen molar-refractivity contribution in [1.82, 2.24) is 20.1 Å². The maximum atomic E-state index is 12.3. The Morgan fingerprint density at radius 1 is 1.24 bits per heavy atom. The van der Waals surface area contributed by atoms with Gasteiger partial charge in [-0.15, -0.1) is 10.2 Å². The molecule has 33 heavy (non-hydrogen) atoms. The van der Waals surface area contributed by atoms with Crippen LogP contribution in [0.3, 0.4) is 0 Å². The van der Waals surface area contributed by atoms with Gasteiger partial charge in [0.15, 0.2) is 11.0 Å². The number of hydrogen-bond acceptors (Lipinski definition) is 7. The van der Waals surface area contributed by atoms with Gasteiger partial charge in [-0.25, -0.2) is 0 Å². The van der Waals surface area contributed by atoms with Crippen molar-refractivity contribution < 1.29 is 14.5 Å². The summed E-state index contributed by atoms with van der Waals surface area (Å²) in [4.78, 5) is 22.9. The van der Waals surface area contributed by atoms with E-state index in [2.05, 4.69) is 15.5 Å². The van der Waals surface area contributed by atoms with Gasteiger partial charge in [-0.05, 0) is 43.2 Å². The van der Waals surface area contributed by atoms with E-state index < -0.39 is 4.92 Å². The summed E-state index contributed by atoms with van der Waals surface area (Å²) in [5.41, 5.74) is 1.74. The SMILES string of the molecule is CCCCC(=O)NC(C)c1nnc(SCc2cccc(OC)c2)n1-c1ccc([N+](=O)[O-])cc1. The summed E-state index contributed by atoms with van der Waals surface area (Å²) in [7, 11) is 1.62. The Hall–Kier alpha value is -3.40. The van der Waals surface area contributed by atoms with Crippen LogP contribution in [0.5, 0.6) is 5.75 Å². The van der Waals surface area contributed by atoms with E-state index in [0.29, 0.717) is 28.8 Å². The van der Waals surface area contributed by atoms with E-state index in [0.717, 1.165) is 24.2 Å². The fourth-order valence-corrected chi connectivity index (χ4v) is 4.15. The van der Waals surface area contributed by atoms with E-state index in [1.807, 2.05) is 42.7 Å². The second-order valence-corrected chi connectivity index (χ2v) is 8.43. The largest absolute Gasteiger partial charge is 0.497 e. The van der Waals surface area contributed by atoms with Crippen LogP contribution in [0, 0.1) is 10.1 Å². The molecule has 1 unspecified atom stereocenters. The fraction of sp³-hybridized carbons (Fsp3) is 0.348. The van der Waals surface area contributed by atoms with Gasteiger partial charge in [0, 0.05) is 30.0 Å². The number of thioether (sulfide) groups is 1. The lowest BCUT2D eigenvalue weighted by atomic mass is 10.2. The van der Waals surface area contributed by atoms with Gasteiger partial charge < -0.3 is 10.1 Å². The number of methoxy groups -OCH3 is 1. The second-order valence-electron chi connectivity index (χ2n) is 7.48. The minimum atomic E-state index is -0.439. The standard InChI is InChI=1S/C23H27N5O4S/c1-4-5-9-21(29)24-16(2)22-25-26-23(33-15-17-7-6-8-20(14-17)32-3)27(22)18-10-12-19(13-11-18)28(30)31/h6-8,10-14,16H,4-5,9,15H2,1-3H3,(H,24,29). The highest BCUT2D eigenvalue weighted by Crippen LogP contribution is 2.29. The van der Waals surface area contributed by atoms with Gasteiger partial charge in [-0.1, -0.05) is 37.2 Å². The first-order valence-corrected chi connectivity index (χ1v) is 11.7. The maximum absolute atomic E-state index is 12.3. The van der Waals surface area contributed by atoms with Crippen LogP contribution in [-0.4, -0.2) is 32.7 Å². The van der Waals surface area contributed by atoms with Gasteiger partial charge in [0.25, 0.3) is 5.69 Å². The van der Waals surface area contributed by atoms with E-state index in [1.54, 1.807) is 19.2 Å². The number of rotatable bonds is 11. The zero-order valence-corrected chi connectivity index (χ0v) is 19.7. The Balaban J connectivity index is 1.90. The first kappa shape index (κ1) is 24.2. The average Bonchev–Trinajstić information content (AvgIpc) is 3.25. The summed E-state index contributed by atoms with van der Waals surface area (Å²) >= 11 is 1.48. The zero-order chi connectivity index (χ0) is 23.8. The van der Waals surface area contributed by atoms with Crippen LogP contribution in [0.4, 0.5) is 5.69 Å². The maximum Gasteiger partial charge on any atom is 0.269 e. The smallest absolute Gasteiger partial charge is 0.269 e. The van der Waals surface area contributed by atoms with Crippen LogP contribution < -0.4 is 10.1 Å². The number of carbonyl (C=O) groups excluding carboxylic acids is 1. The summed E-state index contributed by atoms with van der Waals surface area (Å²) in [6, 6.07) is 13.6. The van der Waals surface area contributed by atoms with Gasteiger partial charge in [0.1, 0.15) is 5.75 Å². The lowest BCUT2D eigenvalue weighted by Crippen LogP contribution is -2.28. The summed E-state index contributed by atoms with van der Waals surface area (Å²) in [6.45, 7) is 3.89. The third-order valence-corrected chi connectivity index (χ3v) is 6.00. The monoisotopic (exact) mass is 469 g/mol. The van der Waals surface area contributed by atoms with E-state index in [1.165, 1.54) is 23.9 Å². The number of aromatic nitrogens is 3. The minimum Gasteiger partial charge on any atom is -0.497 e. The molecule has 3 rings (SSSR count). The fourth-order valence-electron chi connectivity index (χ4n) is 3.25. The van der Waals surface area contributed by atoms with Crippen LogP contribution in [0.25, 0.3) is 5.69 Å². The molecular weight excluding hydrogens is 442 g/mol. The Morgan fingerprint density at radius 3 is 2.67 bits per heavy atom. The molecule has 1 amide bonds. The van der Waals surface area contributed by atoms with Crippen LogP contribution in [0.1, 0.15) is 50.5 Å². The van der Waals surface area contributed by atoms with Crippen molar-refractivity contribution in [3.63, 3.8) is 0 Å². The molecule has 0 spiro atoms. The minimum absolute atomic E-state index is 0.000116. The van der Waals surface area contributed by atoms with Crippen molar-refractivity contribution in [3.8, 4) is 11.4 Å². The highest BCUT2D eigenvalue weighted by Gasteiger charge is 2.21. The number of amides is 1. The van der Waals surface area contributed by atoms with Gasteiger partial charge >= 0.3 is 0 Å². The Morgan fingerprint density at radius 2 is 2.00 bits per heavy atom. The molecule has 0 aliphatic heterocycles. The Bertz CT molecular complexity index is 1100. The number of nitro benzene ring substituents is 1. The number of nitrogens with one attached hydrogen (secondary N) is 1. The number of carbonyl (C=O) groups is 1. The van der Waals surface area contributed by atoms with Crippen molar-refractivity contribution in [1.29, 1.82) is 0 Å². The lowest BCUT2D eigenvalue weighted by molar-refractivity contribution is -0.384. The van der Waals surface area contributed by atoms with Crippen molar-refractivity contribution in [2.24, 2.45) is 0 Å². The van der Waals surface area contributed by atoms with Crippen LogP contribution >= 0.6 is 11.8 Å². The summed E-state index contributed by atoms with van der Waals surface area (Å²) < 4.78 is 7.13. The number of hydrogen-bond donors (Lipinski definition) is 1. The number of non-ortho nitro benzene ring substituents is 1. The topological polar surface area (TPSA) is 112 Å². The Kier molecular flexibility index (Phi) is 8.42. The molecule has 3 aromatic rings. The molecule has 1 N–H and O–H groups in total. The molecule has 1 atom stereocenters. The molecule has 0 saturated carbocycles. The van der Waals surface area contributed by atoms with Crippen molar-refractivity contribution in [2.75, 3.05) is 7.11 Å². The highest BCUT2D eigenvalue weighted by atomic mass is 32.2. The highest BCUT2D eigenvalue weighted by molar-refractivity contribution is 7.98. The molecule has 0 fully saturated rings. The van der Waals surface area contributed by atoms with Crippen molar-refractivity contribution in [3.05, 3.63) is 70.0 Å². The molecule has 9 nitrogen and oxygen atoms in total. The van der Waals surface area contributed by atoms with Gasteiger partial charge in [0.05, 0.1) is 18.1 Å². The molecular formula is C23H27N5O4S. The lowest BCUT2D eigenvalue weighted by Gasteiger charge is -2.16. The number of ether oxygens (including phenoxy) is 1. The van der Waals surface area contributed by atoms with Gasteiger partial charge in [-0.2, -0.15) is 0 Å². The molecule has 174 valence electrons. The Labute approximate surface area is 196 Å². The van der Waals surface area contributed by atoms with Crippen molar-refractivity contribution in [2.45, 2.75) is 50.1 Å². The van der Waals surface area contributed by atoms with Crippen LogP contribution in [-0.2, 0) is 10.5 Å². The predicted octanol–water partition coefficient (Wildman–Crippen LogP) is 4.84. The second kappa shape index (κ2) is 11.5. The number of nitro groups is 1. The summed E-state index contributed by atoms with van der Waals surface area (Å²) in [6.07, 6.45) is 2.20. The van der Waals surface area contributed by atoms with Crippen LogP contribution in [0.15, 0.2) is 53.7 Å². The molecule has 0 saturated heterocycles. The molecule has 1 heterocycles. The molecule has 0 bridgehead atoms. The molecule has 10 heteroatoms. The summed E-state index contributed by atoms with van der Waals surface area (Å²) in [5.74, 6) is 1.91. The molecule has 0 aliphatic carbocycles. The van der Waals surface area contributed by atoms with Crippen LogP contribution in [0.2, 0.25) is 0 Å². The van der Waals surface area contributed by atoms with Gasteiger partial charge in [-0.3, -0.25) is 19.5 Å². The number of nitrogens with zero attached hydrogens (tertiary/aromatic N) is 4. The first-order valence-electron chi connectivity index (χ1n) is 10.7. The average molecular weight is 470 g/mol. The summed E-state index contributed by atoms with van der Waals surface area (Å²) in [5, 5.41) is 23.4. The van der Waals surface area contributed by atoms with E-state index in [-0.39, 0.29) is 17.6 Å². The van der Waals surface area contributed by atoms with E-state index in [4.69, 9.17) is 4.74 Å². The number of unbranched alkanes of at least 4 members (excludes halogenated alkanes) is 1.